The molecule has 24 heavy (non-hydrogen) atoms. The van der Waals surface area contributed by atoms with Crippen LogP contribution in [0.2, 0.25) is 0 Å². The van der Waals surface area contributed by atoms with Gasteiger partial charge in [0.25, 0.3) is 5.56 Å². The molecule has 0 radical (unpaired) electrons. The summed E-state index contributed by atoms with van der Waals surface area (Å²) < 4.78 is 23.7. The monoisotopic (exact) mass is 371 g/mol. The zero-order valence-electron chi connectivity index (χ0n) is 12.3. The Morgan fingerprint density at radius 3 is 3.21 bits per heavy atom. The smallest absolute Gasteiger partial charge is 0.372 e. The van der Waals surface area contributed by atoms with Crippen molar-refractivity contribution in [1.82, 2.24) is 19.5 Å². The number of aliphatic hydroxyl groups excluding tert-OH is 1. The molecule has 5 atom stereocenters. The number of nitrogens with two attached hydrogens (primary N) is 1. The number of fused-ring (bicyclic) bond motifs is 3. The van der Waals surface area contributed by atoms with Crippen molar-refractivity contribution in [2.24, 2.45) is 5.92 Å². The van der Waals surface area contributed by atoms with Crippen LogP contribution in [-0.4, -0.2) is 42.9 Å². The Kier molecular flexibility index (Phi) is 3.66. The van der Waals surface area contributed by atoms with Crippen LogP contribution in [0.5, 0.6) is 0 Å². The first kappa shape index (κ1) is 16.0. The molecule has 128 valence electrons. The summed E-state index contributed by atoms with van der Waals surface area (Å²) in [6, 6.07) is 0. The number of hydrogen-bond acceptors (Lipinski definition) is 9. The van der Waals surface area contributed by atoms with Crippen LogP contribution in [-0.2, 0) is 26.1 Å². The molecular formula is C12H14N5O5PS. The molecule has 1 aliphatic heterocycles. The second kappa shape index (κ2) is 5.50. The van der Waals surface area contributed by atoms with Crippen LogP contribution in [0, 0.1) is 5.92 Å². The third-order valence-electron chi connectivity index (χ3n) is 4.71. The summed E-state index contributed by atoms with van der Waals surface area (Å²) in [5, 5.41) is 10.6. The van der Waals surface area contributed by atoms with E-state index in [1.54, 1.807) is 4.57 Å². The number of nitrogen functional groups attached to an aromatic ring is 1. The number of H-pyrrole nitrogens is 1. The highest BCUT2D eigenvalue weighted by Crippen LogP contribution is 2.53. The van der Waals surface area contributed by atoms with Gasteiger partial charge >= 0.3 is 7.23 Å². The molecule has 1 aliphatic carbocycles. The number of nitrogens with one attached hydrogen (secondary N) is 1. The summed E-state index contributed by atoms with van der Waals surface area (Å²) in [6.07, 6.45) is 1.31. The predicted molar refractivity (Wildman–Crippen MR) is 85.1 cm³/mol. The van der Waals surface area contributed by atoms with E-state index in [0.29, 0.717) is 12.8 Å². The van der Waals surface area contributed by atoms with E-state index in [0.717, 1.165) is 0 Å². The average Bonchev–Trinajstić information content (AvgIpc) is 3.15. The van der Waals surface area contributed by atoms with Gasteiger partial charge in [-0.25, -0.2) is 4.98 Å². The van der Waals surface area contributed by atoms with E-state index in [9.17, 15) is 14.5 Å². The normalized spacial score (nSPS) is 32.6. The van der Waals surface area contributed by atoms with Gasteiger partial charge in [0.1, 0.15) is 18.4 Å². The summed E-state index contributed by atoms with van der Waals surface area (Å²) in [7, 11) is -2.20. The van der Waals surface area contributed by atoms with E-state index in [4.69, 9.17) is 15.0 Å². The van der Waals surface area contributed by atoms with Crippen molar-refractivity contribution in [3.05, 3.63) is 16.7 Å². The zero-order valence-corrected chi connectivity index (χ0v) is 14.0. The number of anilines is 1. The van der Waals surface area contributed by atoms with Crippen molar-refractivity contribution in [2.45, 2.75) is 30.8 Å². The molecule has 10 nitrogen and oxygen atoms in total. The molecule has 2 aliphatic rings. The van der Waals surface area contributed by atoms with Crippen LogP contribution in [0.1, 0.15) is 19.1 Å². The Morgan fingerprint density at radius 2 is 2.46 bits per heavy atom. The second-order valence-corrected chi connectivity index (χ2v) is 7.59. The Hall–Kier alpha value is -1.52. The van der Waals surface area contributed by atoms with Gasteiger partial charge in [-0.2, -0.15) is 9.51 Å². The minimum atomic E-state index is -2.20. The molecule has 4 N–H and O–H groups in total. The molecule has 2 fully saturated rings. The van der Waals surface area contributed by atoms with Crippen LogP contribution in [0.3, 0.4) is 0 Å². The number of hydrogen-bond donors (Lipinski definition) is 3. The molecule has 1 saturated heterocycles. The van der Waals surface area contributed by atoms with Crippen LogP contribution in [0.15, 0.2) is 11.1 Å². The Bertz CT molecular complexity index is 886. The minimum Gasteiger partial charge on any atom is -0.408 e. The third-order valence-corrected chi connectivity index (χ3v) is 5.36. The van der Waals surface area contributed by atoms with Crippen LogP contribution in [0.25, 0.3) is 11.2 Å². The Balaban J connectivity index is 1.72. The minimum absolute atomic E-state index is 0.0286. The summed E-state index contributed by atoms with van der Waals surface area (Å²) in [4.78, 5) is 22.4. The number of rotatable bonds is 4. The number of nitrogens with zero attached hydrogens (tertiary/aromatic N) is 3. The van der Waals surface area contributed by atoms with Gasteiger partial charge in [0.05, 0.1) is 12.4 Å². The van der Waals surface area contributed by atoms with E-state index >= 15 is 0 Å². The summed E-state index contributed by atoms with van der Waals surface area (Å²) in [6.45, 7) is -0.0529. The van der Waals surface area contributed by atoms with Crippen molar-refractivity contribution in [3.8, 4) is 0 Å². The maximum Gasteiger partial charge on any atom is 0.372 e. The molecule has 2 aromatic rings. The molecule has 0 spiro atoms. The quantitative estimate of drug-likeness (QED) is 0.498. The highest BCUT2D eigenvalue weighted by molar-refractivity contribution is 8.25. The van der Waals surface area contributed by atoms with E-state index in [1.165, 1.54) is 6.33 Å². The lowest BCUT2D eigenvalue weighted by Gasteiger charge is -2.29. The SMILES string of the molecule is Nc1nc2c(ncn2[C@@H]2O[C@@]3(CO[P+](=O)[S-])CCC2[C@@H]3O)c(=O)[nH]1. The fourth-order valence-corrected chi connectivity index (χ4v) is 4.09. The highest BCUT2D eigenvalue weighted by atomic mass is 32.7. The first-order chi connectivity index (χ1) is 11.4. The molecule has 3 heterocycles. The maximum atomic E-state index is 11.9. The molecule has 2 aromatic heterocycles. The fourth-order valence-electron chi connectivity index (χ4n) is 3.61. The highest BCUT2D eigenvalue weighted by Gasteiger charge is 2.61. The standard InChI is InChI=1S/C12H14N5O5PS/c13-11-15-8-6(9(19)16-11)14-4-17(8)10-5-1-2-12(22-10,7(5)18)3-21-23(20)24/h4-5,7,10,18H,1-3H2,(H3,13,15,16,19)/t5?,7-,10+,12+/m0/s1. The Labute approximate surface area is 141 Å². The molecule has 0 aromatic carbocycles. The van der Waals surface area contributed by atoms with Crippen LogP contribution in [0.4, 0.5) is 5.95 Å². The van der Waals surface area contributed by atoms with E-state index < -0.39 is 30.7 Å². The fraction of sp³-hybridized carbons (Fsp3) is 0.583. The van der Waals surface area contributed by atoms with Gasteiger partial charge in [-0.05, 0) is 12.8 Å². The largest absolute Gasteiger partial charge is 0.408 e. The number of aromatic nitrogens is 4. The van der Waals surface area contributed by atoms with Gasteiger partial charge in [-0.3, -0.25) is 14.3 Å². The Morgan fingerprint density at radius 1 is 1.67 bits per heavy atom. The molecule has 1 saturated carbocycles. The molecule has 4 rings (SSSR count). The second-order valence-electron chi connectivity index (χ2n) is 5.99. The lowest BCUT2D eigenvalue weighted by Crippen LogP contribution is -2.41. The van der Waals surface area contributed by atoms with Crippen molar-refractivity contribution >= 4 is 36.6 Å². The van der Waals surface area contributed by atoms with Crippen LogP contribution < -0.4 is 11.3 Å². The van der Waals surface area contributed by atoms with Gasteiger partial charge in [-0.1, -0.05) is 4.57 Å². The van der Waals surface area contributed by atoms with Crippen molar-refractivity contribution in [3.63, 3.8) is 0 Å². The molecule has 2 bridgehead atoms. The van der Waals surface area contributed by atoms with Crippen molar-refractivity contribution < 1.29 is 18.9 Å². The molecular weight excluding hydrogens is 357 g/mol. The van der Waals surface area contributed by atoms with Gasteiger partial charge in [0, 0.05) is 5.92 Å². The van der Waals surface area contributed by atoms with E-state index in [-0.39, 0.29) is 29.6 Å². The van der Waals surface area contributed by atoms with E-state index in [2.05, 4.69) is 27.2 Å². The number of ether oxygens (including phenoxy) is 1. The van der Waals surface area contributed by atoms with Crippen molar-refractivity contribution in [1.29, 1.82) is 0 Å². The van der Waals surface area contributed by atoms with Gasteiger partial charge in [0.15, 0.2) is 11.2 Å². The topological polar surface area (TPSA) is 145 Å². The predicted octanol–water partition coefficient (Wildman–Crippen LogP) is -0.0388. The molecule has 0 amide bonds. The van der Waals surface area contributed by atoms with Gasteiger partial charge < -0.3 is 27.8 Å². The maximum absolute atomic E-state index is 11.9. The van der Waals surface area contributed by atoms with Gasteiger partial charge in [0.2, 0.25) is 5.95 Å². The average molecular weight is 371 g/mol. The molecule has 2 unspecified atom stereocenters. The first-order valence-electron chi connectivity index (χ1n) is 7.27. The number of aliphatic hydroxyl groups is 1. The van der Waals surface area contributed by atoms with E-state index in [1.807, 2.05) is 0 Å². The first-order valence-corrected chi connectivity index (χ1v) is 9.46. The zero-order chi connectivity index (χ0) is 17.1. The summed E-state index contributed by atoms with van der Waals surface area (Å²) >= 11 is 4.54. The lowest BCUT2D eigenvalue weighted by molar-refractivity contribution is -0.133. The third kappa shape index (κ3) is 2.27. The van der Waals surface area contributed by atoms with Gasteiger partial charge in [-0.15, -0.1) is 0 Å². The van der Waals surface area contributed by atoms with Crippen LogP contribution >= 0.6 is 7.23 Å². The van der Waals surface area contributed by atoms with Crippen molar-refractivity contribution in [2.75, 3.05) is 12.3 Å². The number of aromatic amines is 1. The summed E-state index contributed by atoms with van der Waals surface area (Å²) in [5.74, 6) is -0.254. The molecule has 12 heteroatoms. The number of imidazole rings is 1. The lowest BCUT2D eigenvalue weighted by atomic mass is 10.0. The summed E-state index contributed by atoms with van der Waals surface area (Å²) in [5.41, 5.74) is 4.61.